The van der Waals surface area contributed by atoms with E-state index in [-0.39, 0.29) is 17.8 Å². The summed E-state index contributed by atoms with van der Waals surface area (Å²) in [6, 6.07) is 0. The monoisotopic (exact) mass is 142 g/mol. The zero-order valence-electron chi connectivity index (χ0n) is 4.55. The minimum absolute atomic E-state index is 0. The van der Waals surface area contributed by atoms with E-state index in [1.807, 2.05) is 13.2 Å². The highest BCUT2D eigenvalue weighted by Gasteiger charge is 1.91. The molecule has 0 aromatic rings. The summed E-state index contributed by atoms with van der Waals surface area (Å²) in [7, 11) is 0. The van der Waals surface area contributed by atoms with Crippen LogP contribution in [0.4, 0.5) is 0 Å². The molecule has 0 saturated heterocycles. The Kier molecular flexibility index (Phi) is 9.95. The largest absolute Gasteiger partial charge is 0.382 e. The first-order valence-electron chi connectivity index (χ1n) is 2.02. The molecule has 0 aromatic heterocycles. The number of aliphatic hydroxyl groups excluding tert-OH is 1. The van der Waals surface area contributed by atoms with Crippen molar-refractivity contribution in [3.63, 3.8) is 0 Å². The maximum absolute atomic E-state index is 8.63. The molecule has 0 spiro atoms. The van der Waals surface area contributed by atoms with Gasteiger partial charge >= 0.3 is 0 Å². The van der Waals surface area contributed by atoms with Crippen molar-refractivity contribution in [1.29, 1.82) is 0 Å². The van der Waals surface area contributed by atoms with E-state index in [2.05, 4.69) is 0 Å². The molecule has 1 atom stereocenters. The zero-order chi connectivity index (χ0) is 4.99. The molecule has 0 saturated carbocycles. The zero-order valence-corrected chi connectivity index (χ0v) is 6.18. The van der Waals surface area contributed by atoms with E-state index in [0.717, 1.165) is 6.42 Å². The molecule has 0 aromatic carbocycles. The SMILES string of the molecule is CCC(O)SC.Cl. The van der Waals surface area contributed by atoms with E-state index in [1.165, 1.54) is 11.8 Å². The van der Waals surface area contributed by atoms with Crippen LogP contribution >= 0.6 is 24.2 Å². The average Bonchev–Trinajstić information content (AvgIpc) is 1.65. The Morgan fingerprint density at radius 1 is 1.71 bits per heavy atom. The van der Waals surface area contributed by atoms with Gasteiger partial charge in [0.15, 0.2) is 0 Å². The van der Waals surface area contributed by atoms with E-state index in [9.17, 15) is 0 Å². The molecule has 1 unspecified atom stereocenters. The summed E-state index contributed by atoms with van der Waals surface area (Å²) in [5.74, 6) is 0. The molecule has 1 nitrogen and oxygen atoms in total. The number of rotatable bonds is 2. The first-order chi connectivity index (χ1) is 2.81. The molecule has 0 bridgehead atoms. The normalized spacial score (nSPS) is 12.4. The van der Waals surface area contributed by atoms with Gasteiger partial charge in [0, 0.05) is 0 Å². The third-order valence-electron chi connectivity index (χ3n) is 0.621. The third-order valence-corrected chi connectivity index (χ3v) is 1.50. The lowest BCUT2D eigenvalue weighted by Gasteiger charge is -1.98. The first kappa shape index (κ1) is 10.6. The number of hydrogen-bond donors (Lipinski definition) is 1. The van der Waals surface area contributed by atoms with E-state index in [0.29, 0.717) is 0 Å². The second-order valence-corrected chi connectivity index (χ2v) is 2.11. The standard InChI is InChI=1S/C4H10OS.ClH/c1-3-4(5)6-2;/h4-5H,3H2,1-2H3;1H. The van der Waals surface area contributed by atoms with E-state index >= 15 is 0 Å². The van der Waals surface area contributed by atoms with E-state index in [1.54, 1.807) is 0 Å². The van der Waals surface area contributed by atoms with Crippen molar-refractivity contribution in [3.8, 4) is 0 Å². The fraction of sp³-hybridized carbons (Fsp3) is 1.00. The summed E-state index contributed by atoms with van der Waals surface area (Å²) < 4.78 is 0. The molecule has 3 heteroatoms. The van der Waals surface area contributed by atoms with Crippen molar-refractivity contribution in [1.82, 2.24) is 0 Å². The summed E-state index contributed by atoms with van der Waals surface area (Å²) in [6.07, 6.45) is 2.75. The Balaban J connectivity index is 0. The molecule has 46 valence electrons. The molecule has 0 heterocycles. The molecule has 0 aliphatic carbocycles. The van der Waals surface area contributed by atoms with Gasteiger partial charge in [0.05, 0.1) is 5.44 Å². The fourth-order valence-corrected chi connectivity index (χ4v) is 0.500. The average molecular weight is 143 g/mol. The summed E-state index contributed by atoms with van der Waals surface area (Å²) in [4.78, 5) is 0. The van der Waals surface area contributed by atoms with Gasteiger partial charge < -0.3 is 5.11 Å². The molecule has 1 N–H and O–H groups in total. The molecule has 0 aliphatic heterocycles. The van der Waals surface area contributed by atoms with Gasteiger partial charge in [-0.3, -0.25) is 0 Å². The summed E-state index contributed by atoms with van der Waals surface area (Å²) in [5, 5.41) is 8.63. The molecule has 0 fully saturated rings. The number of aliphatic hydroxyl groups is 1. The molecular formula is C4H11ClOS. The van der Waals surface area contributed by atoms with Crippen LogP contribution in [0.3, 0.4) is 0 Å². The van der Waals surface area contributed by atoms with Crippen molar-refractivity contribution in [2.75, 3.05) is 6.26 Å². The summed E-state index contributed by atoms with van der Waals surface area (Å²) >= 11 is 1.48. The number of hydrogen-bond acceptors (Lipinski definition) is 2. The lowest BCUT2D eigenvalue weighted by molar-refractivity contribution is 0.260. The topological polar surface area (TPSA) is 20.2 Å². The van der Waals surface area contributed by atoms with Crippen molar-refractivity contribution < 1.29 is 5.11 Å². The molecular weight excluding hydrogens is 132 g/mol. The number of thioether (sulfide) groups is 1. The van der Waals surface area contributed by atoms with Gasteiger partial charge in [-0.15, -0.1) is 24.2 Å². The van der Waals surface area contributed by atoms with Gasteiger partial charge in [0.25, 0.3) is 0 Å². The Hall–Kier alpha value is 0.600. The van der Waals surface area contributed by atoms with Crippen molar-refractivity contribution in [2.45, 2.75) is 18.8 Å². The fourth-order valence-electron chi connectivity index (χ4n) is 0.167. The maximum atomic E-state index is 8.63. The minimum Gasteiger partial charge on any atom is -0.382 e. The molecule has 7 heavy (non-hydrogen) atoms. The quantitative estimate of drug-likeness (QED) is 0.590. The summed E-state index contributed by atoms with van der Waals surface area (Å²) in [5.41, 5.74) is -0.148. The predicted molar refractivity (Wildman–Crippen MR) is 37.1 cm³/mol. The second-order valence-electron chi connectivity index (χ2n) is 1.10. The van der Waals surface area contributed by atoms with Gasteiger partial charge in [0.1, 0.15) is 0 Å². The predicted octanol–water partition coefficient (Wildman–Crippen LogP) is 1.50. The van der Waals surface area contributed by atoms with Crippen LogP contribution in [0.15, 0.2) is 0 Å². The highest BCUT2D eigenvalue weighted by Crippen LogP contribution is 2.03. The minimum atomic E-state index is -0.148. The highest BCUT2D eigenvalue weighted by atomic mass is 35.5. The molecule has 0 amide bonds. The second kappa shape index (κ2) is 6.60. The van der Waals surface area contributed by atoms with Crippen LogP contribution in [0.25, 0.3) is 0 Å². The van der Waals surface area contributed by atoms with Crippen LogP contribution in [0.1, 0.15) is 13.3 Å². The Bertz CT molecular complexity index is 30.9. The Morgan fingerprint density at radius 3 is 2.14 bits per heavy atom. The highest BCUT2D eigenvalue weighted by molar-refractivity contribution is 7.99. The Morgan fingerprint density at radius 2 is 2.14 bits per heavy atom. The van der Waals surface area contributed by atoms with Crippen LogP contribution in [0, 0.1) is 0 Å². The third kappa shape index (κ3) is 6.60. The van der Waals surface area contributed by atoms with Gasteiger partial charge in [-0.2, -0.15) is 0 Å². The van der Waals surface area contributed by atoms with Crippen molar-refractivity contribution in [2.24, 2.45) is 0 Å². The summed E-state index contributed by atoms with van der Waals surface area (Å²) in [6.45, 7) is 1.96. The molecule has 0 rings (SSSR count). The van der Waals surface area contributed by atoms with Crippen LogP contribution < -0.4 is 0 Å². The first-order valence-corrected chi connectivity index (χ1v) is 3.31. The van der Waals surface area contributed by atoms with Crippen LogP contribution in [-0.4, -0.2) is 16.8 Å². The smallest absolute Gasteiger partial charge is 0.0987 e. The van der Waals surface area contributed by atoms with Gasteiger partial charge in [-0.1, -0.05) is 6.92 Å². The van der Waals surface area contributed by atoms with Crippen LogP contribution in [0.2, 0.25) is 0 Å². The van der Waals surface area contributed by atoms with Gasteiger partial charge in [-0.05, 0) is 12.7 Å². The molecule has 0 radical (unpaired) electrons. The van der Waals surface area contributed by atoms with Gasteiger partial charge in [0.2, 0.25) is 0 Å². The van der Waals surface area contributed by atoms with Crippen molar-refractivity contribution >= 4 is 24.2 Å². The van der Waals surface area contributed by atoms with Crippen LogP contribution in [-0.2, 0) is 0 Å². The molecule has 0 aliphatic rings. The van der Waals surface area contributed by atoms with Crippen LogP contribution in [0.5, 0.6) is 0 Å². The lowest BCUT2D eigenvalue weighted by Crippen LogP contribution is -1.94. The van der Waals surface area contributed by atoms with Crippen molar-refractivity contribution in [3.05, 3.63) is 0 Å². The lowest BCUT2D eigenvalue weighted by atomic mass is 10.5. The Labute approximate surface area is 54.9 Å². The number of halogens is 1. The maximum Gasteiger partial charge on any atom is 0.0987 e. The van der Waals surface area contributed by atoms with E-state index < -0.39 is 0 Å². The van der Waals surface area contributed by atoms with E-state index in [4.69, 9.17) is 5.11 Å². The van der Waals surface area contributed by atoms with Gasteiger partial charge in [-0.25, -0.2) is 0 Å².